The number of thiophene rings is 1. The molecule has 7 aromatic carbocycles. The molecule has 0 fully saturated rings. The van der Waals surface area contributed by atoms with Crippen LogP contribution in [0.4, 0.5) is 0 Å². The van der Waals surface area contributed by atoms with Crippen LogP contribution in [0.15, 0.2) is 164 Å². The van der Waals surface area contributed by atoms with E-state index < -0.39 is 0 Å². The van der Waals surface area contributed by atoms with Gasteiger partial charge in [-0.05, 0) is 107 Å². The summed E-state index contributed by atoms with van der Waals surface area (Å²) in [6.07, 6.45) is 0. The second kappa shape index (κ2) is 10.6. The third-order valence-corrected chi connectivity index (χ3v) is 11.0. The van der Waals surface area contributed by atoms with E-state index in [9.17, 15) is 0 Å². The molecule has 0 amide bonds. The molecule has 3 aromatic heterocycles. The number of hydrogen-bond acceptors (Lipinski definition) is 1. The predicted molar refractivity (Wildman–Crippen MR) is 206 cm³/mol. The van der Waals surface area contributed by atoms with E-state index in [2.05, 4.69) is 180 Å². The van der Waals surface area contributed by atoms with Gasteiger partial charge in [-0.1, -0.05) is 91.0 Å². The maximum Gasteiger partial charge on any atom is 0.0541 e. The SMILES string of the molecule is Cc1ccc(-n2c3ccccc3c3cc(-c4ccc5c(c4)c4ccccc4n5-c4ccccc4)ccc32)cc1-c1cc2ccccc2s1. The van der Waals surface area contributed by atoms with Crippen LogP contribution in [0.2, 0.25) is 0 Å². The van der Waals surface area contributed by atoms with Crippen molar-refractivity contribution in [1.82, 2.24) is 9.13 Å². The molecule has 0 radical (unpaired) electrons. The molecule has 226 valence electrons. The maximum atomic E-state index is 2.43. The van der Waals surface area contributed by atoms with Crippen LogP contribution in [0.25, 0.3) is 86.6 Å². The third-order valence-electron chi connectivity index (χ3n) is 9.86. The number of aromatic nitrogens is 2. The van der Waals surface area contributed by atoms with Crippen molar-refractivity contribution in [2.24, 2.45) is 0 Å². The van der Waals surface area contributed by atoms with E-state index in [-0.39, 0.29) is 0 Å². The fraction of sp³-hybridized carbons (Fsp3) is 0.0222. The van der Waals surface area contributed by atoms with E-state index in [0.29, 0.717) is 0 Å². The number of benzene rings is 7. The zero-order chi connectivity index (χ0) is 31.8. The first kappa shape index (κ1) is 27.2. The summed E-state index contributed by atoms with van der Waals surface area (Å²) in [4.78, 5) is 1.31. The highest BCUT2D eigenvalue weighted by Crippen LogP contribution is 2.40. The summed E-state index contributed by atoms with van der Waals surface area (Å²) in [6.45, 7) is 2.22. The second-order valence-corrected chi connectivity index (χ2v) is 13.7. The highest BCUT2D eigenvalue weighted by atomic mass is 32.1. The molecule has 0 atom stereocenters. The molecule has 0 unspecified atom stereocenters. The minimum atomic E-state index is 1.18. The van der Waals surface area contributed by atoms with Crippen molar-refractivity contribution in [2.45, 2.75) is 6.92 Å². The van der Waals surface area contributed by atoms with Gasteiger partial charge in [0.1, 0.15) is 0 Å². The Morgan fingerprint density at radius 1 is 0.417 bits per heavy atom. The van der Waals surface area contributed by atoms with Gasteiger partial charge in [-0.25, -0.2) is 0 Å². The summed E-state index contributed by atoms with van der Waals surface area (Å²) in [6, 6.07) is 60.0. The highest BCUT2D eigenvalue weighted by molar-refractivity contribution is 7.22. The molecule has 48 heavy (non-hydrogen) atoms. The van der Waals surface area contributed by atoms with Gasteiger partial charge in [0.05, 0.1) is 22.1 Å². The van der Waals surface area contributed by atoms with Crippen molar-refractivity contribution in [2.75, 3.05) is 0 Å². The average Bonchev–Trinajstić information content (AvgIpc) is 3.82. The summed E-state index contributed by atoms with van der Waals surface area (Å²) in [5.41, 5.74) is 12.3. The first-order chi connectivity index (χ1) is 23.7. The lowest BCUT2D eigenvalue weighted by molar-refractivity contribution is 1.18. The van der Waals surface area contributed by atoms with E-state index in [1.165, 1.54) is 92.2 Å². The monoisotopic (exact) mass is 630 g/mol. The van der Waals surface area contributed by atoms with Gasteiger partial charge < -0.3 is 9.13 Å². The molecule has 3 heterocycles. The van der Waals surface area contributed by atoms with Gasteiger partial charge in [-0.3, -0.25) is 0 Å². The Morgan fingerprint density at radius 3 is 1.65 bits per heavy atom. The minimum Gasteiger partial charge on any atom is -0.309 e. The molecule has 10 aromatic rings. The van der Waals surface area contributed by atoms with Crippen LogP contribution in [0.3, 0.4) is 0 Å². The van der Waals surface area contributed by atoms with E-state index in [4.69, 9.17) is 0 Å². The number of aryl methyl sites for hydroxylation is 1. The van der Waals surface area contributed by atoms with Crippen LogP contribution in [-0.2, 0) is 0 Å². The number of nitrogens with zero attached hydrogens (tertiary/aromatic N) is 2. The van der Waals surface area contributed by atoms with Crippen LogP contribution >= 0.6 is 11.3 Å². The molecule has 0 aliphatic rings. The van der Waals surface area contributed by atoms with Crippen molar-refractivity contribution in [3.8, 4) is 32.9 Å². The minimum absolute atomic E-state index is 1.18. The lowest BCUT2D eigenvalue weighted by Crippen LogP contribution is -1.95. The smallest absolute Gasteiger partial charge is 0.0541 e. The van der Waals surface area contributed by atoms with Crippen LogP contribution in [-0.4, -0.2) is 9.13 Å². The lowest BCUT2D eigenvalue weighted by Gasteiger charge is -2.12. The van der Waals surface area contributed by atoms with E-state index in [1.807, 2.05) is 11.3 Å². The van der Waals surface area contributed by atoms with E-state index in [0.717, 1.165) is 0 Å². The average molecular weight is 631 g/mol. The van der Waals surface area contributed by atoms with Crippen molar-refractivity contribution >= 4 is 65.0 Å². The largest absolute Gasteiger partial charge is 0.309 e. The van der Waals surface area contributed by atoms with Crippen molar-refractivity contribution < 1.29 is 0 Å². The fourth-order valence-electron chi connectivity index (χ4n) is 7.57. The fourth-order valence-corrected chi connectivity index (χ4v) is 8.71. The van der Waals surface area contributed by atoms with Gasteiger partial charge in [0, 0.05) is 42.5 Å². The van der Waals surface area contributed by atoms with Crippen LogP contribution < -0.4 is 0 Å². The van der Waals surface area contributed by atoms with Gasteiger partial charge in [0.25, 0.3) is 0 Å². The molecular formula is C45H30N2S. The van der Waals surface area contributed by atoms with E-state index >= 15 is 0 Å². The number of hydrogen-bond donors (Lipinski definition) is 0. The van der Waals surface area contributed by atoms with Crippen LogP contribution in [0.1, 0.15) is 5.56 Å². The van der Waals surface area contributed by atoms with Crippen molar-refractivity contribution in [3.63, 3.8) is 0 Å². The van der Waals surface area contributed by atoms with Gasteiger partial charge in [0.2, 0.25) is 0 Å². The zero-order valence-corrected chi connectivity index (χ0v) is 27.2. The number of rotatable bonds is 4. The summed E-state index contributed by atoms with van der Waals surface area (Å²) >= 11 is 1.87. The standard InChI is InChI=1S/C45H30N2S/c1-29-19-22-34(28-37(29)45-27-32-11-5-10-18-44(32)48-45)47-41-17-9-7-15-36(41)39-26-31(21-24-43(39)47)30-20-23-42-38(25-30)35-14-6-8-16-40(35)46(42)33-12-3-2-4-13-33/h2-28H,1H3. The molecule has 0 aliphatic carbocycles. The normalized spacial score (nSPS) is 11.9. The molecule has 0 saturated carbocycles. The molecule has 0 aliphatic heterocycles. The van der Waals surface area contributed by atoms with Crippen molar-refractivity contribution in [1.29, 1.82) is 0 Å². The Balaban J connectivity index is 1.14. The first-order valence-corrected chi connectivity index (χ1v) is 17.3. The maximum absolute atomic E-state index is 2.43. The van der Waals surface area contributed by atoms with Gasteiger partial charge >= 0.3 is 0 Å². The van der Waals surface area contributed by atoms with Crippen molar-refractivity contribution in [3.05, 3.63) is 169 Å². The first-order valence-electron chi connectivity index (χ1n) is 16.4. The molecule has 3 heteroatoms. The van der Waals surface area contributed by atoms with E-state index in [1.54, 1.807) is 0 Å². The second-order valence-electron chi connectivity index (χ2n) is 12.7. The summed E-state index contributed by atoms with van der Waals surface area (Å²) < 4.78 is 6.13. The predicted octanol–water partition coefficient (Wildman–Crippen LogP) is 12.7. The van der Waals surface area contributed by atoms with Crippen LogP contribution in [0, 0.1) is 6.92 Å². The lowest BCUT2D eigenvalue weighted by atomic mass is 10.0. The summed E-state index contributed by atoms with van der Waals surface area (Å²) in [5.74, 6) is 0. The van der Waals surface area contributed by atoms with Crippen LogP contribution in [0.5, 0.6) is 0 Å². The Bertz CT molecular complexity index is 2810. The van der Waals surface area contributed by atoms with Gasteiger partial charge in [-0.15, -0.1) is 11.3 Å². The molecule has 0 spiro atoms. The molecular weight excluding hydrogens is 601 g/mol. The Hall–Kier alpha value is -5.90. The summed E-state index contributed by atoms with van der Waals surface area (Å²) in [5, 5.41) is 6.36. The zero-order valence-electron chi connectivity index (χ0n) is 26.4. The molecule has 0 N–H and O–H groups in total. The van der Waals surface area contributed by atoms with Gasteiger partial charge in [-0.2, -0.15) is 0 Å². The Kier molecular flexibility index (Phi) is 5.99. The molecule has 10 rings (SSSR count). The number of para-hydroxylation sites is 3. The summed E-state index contributed by atoms with van der Waals surface area (Å²) in [7, 11) is 0. The topological polar surface area (TPSA) is 9.86 Å². The molecule has 2 nitrogen and oxygen atoms in total. The highest BCUT2D eigenvalue weighted by Gasteiger charge is 2.17. The molecule has 0 saturated heterocycles. The third kappa shape index (κ3) is 4.11. The molecule has 0 bridgehead atoms. The number of fused-ring (bicyclic) bond motifs is 7. The van der Waals surface area contributed by atoms with Gasteiger partial charge in [0.15, 0.2) is 0 Å². The quantitative estimate of drug-likeness (QED) is 0.183. The Morgan fingerprint density at radius 2 is 0.979 bits per heavy atom. The Labute approximate surface area is 282 Å².